The summed E-state index contributed by atoms with van der Waals surface area (Å²) < 4.78 is 7.37. The summed E-state index contributed by atoms with van der Waals surface area (Å²) in [7, 11) is 1.85. The number of hydrogen-bond acceptors (Lipinski definition) is 4. The normalized spacial score (nSPS) is 13.9. The Morgan fingerprint density at radius 3 is 2.42 bits per heavy atom. The zero-order chi connectivity index (χ0) is 21.6. The van der Waals surface area contributed by atoms with E-state index in [2.05, 4.69) is 53.3 Å². The summed E-state index contributed by atoms with van der Waals surface area (Å²) in [5, 5.41) is 4.51. The lowest BCUT2D eigenvalue weighted by Gasteiger charge is -2.29. The van der Waals surface area contributed by atoms with E-state index in [1.54, 1.807) is 11.1 Å². The van der Waals surface area contributed by atoms with Gasteiger partial charge in [-0.1, -0.05) is 49.4 Å². The van der Waals surface area contributed by atoms with Crippen LogP contribution in [0, 0.1) is 0 Å². The minimum Gasteiger partial charge on any atom is -0.378 e. The average molecular weight is 419 g/mol. The zero-order valence-corrected chi connectivity index (χ0v) is 18.3. The highest BCUT2D eigenvalue weighted by molar-refractivity contribution is 5.95. The van der Waals surface area contributed by atoms with Crippen molar-refractivity contribution in [2.75, 3.05) is 38.3 Å². The SMILES string of the molecule is CCc1c(C(=O)N(C)Cc2ccc(N3CCOCC3)cc2)cnn1Cc1ccccc1. The Labute approximate surface area is 184 Å². The van der Waals surface area contributed by atoms with Crippen LogP contribution in [0.5, 0.6) is 0 Å². The van der Waals surface area contributed by atoms with Gasteiger partial charge in [-0.3, -0.25) is 9.48 Å². The monoisotopic (exact) mass is 418 g/mol. The summed E-state index contributed by atoms with van der Waals surface area (Å²) in [6, 6.07) is 18.7. The third-order valence-corrected chi connectivity index (χ3v) is 5.77. The van der Waals surface area contributed by atoms with Gasteiger partial charge in [0.2, 0.25) is 0 Å². The van der Waals surface area contributed by atoms with E-state index in [4.69, 9.17) is 4.74 Å². The van der Waals surface area contributed by atoms with Crippen molar-refractivity contribution in [3.63, 3.8) is 0 Å². The molecule has 31 heavy (non-hydrogen) atoms. The van der Waals surface area contributed by atoms with E-state index in [0.29, 0.717) is 18.7 Å². The first-order valence-electron chi connectivity index (χ1n) is 10.9. The van der Waals surface area contributed by atoms with E-state index in [-0.39, 0.29) is 5.91 Å². The quantitative estimate of drug-likeness (QED) is 0.588. The number of benzene rings is 2. The number of aromatic nitrogens is 2. The predicted molar refractivity (Wildman–Crippen MR) is 122 cm³/mol. The molecule has 4 rings (SSSR count). The number of morpholine rings is 1. The van der Waals surface area contributed by atoms with Gasteiger partial charge in [-0.25, -0.2) is 0 Å². The van der Waals surface area contributed by atoms with Crippen LogP contribution < -0.4 is 4.90 Å². The highest BCUT2D eigenvalue weighted by Gasteiger charge is 2.20. The first-order chi connectivity index (χ1) is 15.2. The van der Waals surface area contributed by atoms with Crippen LogP contribution in [0.15, 0.2) is 60.8 Å². The minimum absolute atomic E-state index is 0.00779. The smallest absolute Gasteiger partial charge is 0.257 e. The molecular weight excluding hydrogens is 388 g/mol. The van der Waals surface area contributed by atoms with Crippen molar-refractivity contribution in [2.24, 2.45) is 0 Å². The molecule has 1 aromatic heterocycles. The van der Waals surface area contributed by atoms with Crippen molar-refractivity contribution in [3.05, 3.63) is 83.2 Å². The molecule has 0 spiro atoms. The number of carbonyl (C=O) groups is 1. The first kappa shape index (κ1) is 21.1. The zero-order valence-electron chi connectivity index (χ0n) is 18.3. The highest BCUT2D eigenvalue weighted by atomic mass is 16.5. The van der Waals surface area contributed by atoms with Gasteiger partial charge in [-0.2, -0.15) is 5.10 Å². The van der Waals surface area contributed by atoms with Crippen LogP contribution >= 0.6 is 0 Å². The summed E-state index contributed by atoms with van der Waals surface area (Å²) in [5.74, 6) is 0.00779. The second kappa shape index (κ2) is 9.79. The van der Waals surface area contributed by atoms with Gasteiger partial charge in [0.15, 0.2) is 0 Å². The molecule has 6 heteroatoms. The van der Waals surface area contributed by atoms with Crippen molar-refractivity contribution in [1.82, 2.24) is 14.7 Å². The number of rotatable bonds is 7. The molecule has 0 radical (unpaired) electrons. The molecule has 1 fully saturated rings. The topological polar surface area (TPSA) is 50.6 Å². The van der Waals surface area contributed by atoms with Crippen molar-refractivity contribution in [3.8, 4) is 0 Å². The molecule has 1 saturated heterocycles. The molecule has 1 aliphatic rings. The first-order valence-corrected chi connectivity index (χ1v) is 10.9. The summed E-state index contributed by atoms with van der Waals surface area (Å²) in [4.78, 5) is 17.3. The van der Waals surface area contributed by atoms with Crippen LogP contribution in [0.4, 0.5) is 5.69 Å². The maximum absolute atomic E-state index is 13.2. The molecule has 0 saturated carbocycles. The minimum atomic E-state index is 0.00779. The fourth-order valence-electron chi connectivity index (χ4n) is 4.04. The van der Waals surface area contributed by atoms with Crippen LogP contribution in [0.25, 0.3) is 0 Å². The lowest BCUT2D eigenvalue weighted by Crippen LogP contribution is -2.36. The van der Waals surface area contributed by atoms with E-state index in [0.717, 1.165) is 44.0 Å². The van der Waals surface area contributed by atoms with Crippen LogP contribution in [-0.4, -0.2) is 53.9 Å². The van der Waals surface area contributed by atoms with Gasteiger partial charge in [0.1, 0.15) is 0 Å². The molecule has 6 nitrogen and oxygen atoms in total. The molecule has 0 atom stereocenters. The number of amides is 1. The van der Waals surface area contributed by atoms with Gasteiger partial charge in [0.25, 0.3) is 5.91 Å². The van der Waals surface area contributed by atoms with Gasteiger partial charge >= 0.3 is 0 Å². The molecular formula is C25H30N4O2. The van der Waals surface area contributed by atoms with E-state index in [1.165, 1.54) is 11.3 Å². The van der Waals surface area contributed by atoms with Crippen LogP contribution in [-0.2, 0) is 24.2 Å². The van der Waals surface area contributed by atoms with Gasteiger partial charge in [0, 0.05) is 32.4 Å². The van der Waals surface area contributed by atoms with Crippen LogP contribution in [0.2, 0.25) is 0 Å². The standard InChI is InChI=1S/C25H30N4O2/c1-3-24-23(17-26-29(24)19-20-7-5-4-6-8-20)25(30)27(2)18-21-9-11-22(12-10-21)28-13-15-31-16-14-28/h4-12,17H,3,13-16,18-19H2,1-2H3. The molecule has 2 heterocycles. The van der Waals surface area contributed by atoms with E-state index in [9.17, 15) is 4.79 Å². The average Bonchev–Trinajstić information content (AvgIpc) is 3.22. The Bertz CT molecular complexity index is 992. The maximum Gasteiger partial charge on any atom is 0.257 e. The molecule has 2 aromatic carbocycles. The number of anilines is 1. The molecule has 1 amide bonds. The highest BCUT2D eigenvalue weighted by Crippen LogP contribution is 2.19. The number of carbonyl (C=O) groups excluding carboxylic acids is 1. The Hall–Kier alpha value is -3.12. The van der Waals surface area contributed by atoms with Gasteiger partial charge < -0.3 is 14.5 Å². The number of hydrogen-bond donors (Lipinski definition) is 0. The second-order valence-corrected chi connectivity index (χ2v) is 7.93. The number of ether oxygens (including phenoxy) is 1. The third kappa shape index (κ3) is 4.97. The molecule has 0 N–H and O–H groups in total. The van der Waals surface area contributed by atoms with E-state index < -0.39 is 0 Å². The summed E-state index contributed by atoms with van der Waals surface area (Å²) in [6.45, 7) is 6.70. The maximum atomic E-state index is 13.2. The fourth-order valence-corrected chi connectivity index (χ4v) is 4.04. The van der Waals surface area contributed by atoms with Gasteiger partial charge in [0.05, 0.1) is 37.2 Å². The van der Waals surface area contributed by atoms with Crippen molar-refractivity contribution < 1.29 is 9.53 Å². The van der Waals surface area contributed by atoms with Gasteiger partial charge in [-0.15, -0.1) is 0 Å². The molecule has 1 aliphatic heterocycles. The molecule has 0 bridgehead atoms. The molecule has 0 unspecified atom stereocenters. The molecule has 0 aliphatic carbocycles. The van der Waals surface area contributed by atoms with Crippen molar-refractivity contribution in [2.45, 2.75) is 26.4 Å². The predicted octanol–water partition coefficient (Wildman–Crippen LogP) is 3.60. The summed E-state index contributed by atoms with van der Waals surface area (Å²) in [6.07, 6.45) is 2.47. The Kier molecular flexibility index (Phi) is 6.67. The Morgan fingerprint density at radius 2 is 1.74 bits per heavy atom. The van der Waals surface area contributed by atoms with Crippen molar-refractivity contribution >= 4 is 11.6 Å². The lowest BCUT2D eigenvalue weighted by atomic mass is 10.1. The number of nitrogens with zero attached hydrogens (tertiary/aromatic N) is 4. The van der Waals surface area contributed by atoms with Crippen molar-refractivity contribution in [1.29, 1.82) is 0 Å². The Morgan fingerprint density at radius 1 is 1.03 bits per heavy atom. The summed E-state index contributed by atoms with van der Waals surface area (Å²) in [5.41, 5.74) is 5.15. The Balaban J connectivity index is 1.43. The van der Waals surface area contributed by atoms with Crippen LogP contribution in [0.3, 0.4) is 0 Å². The summed E-state index contributed by atoms with van der Waals surface area (Å²) >= 11 is 0. The lowest BCUT2D eigenvalue weighted by molar-refractivity contribution is 0.0784. The largest absolute Gasteiger partial charge is 0.378 e. The van der Waals surface area contributed by atoms with E-state index in [1.807, 2.05) is 29.9 Å². The van der Waals surface area contributed by atoms with E-state index >= 15 is 0 Å². The molecule has 3 aromatic rings. The fraction of sp³-hybridized carbons (Fsp3) is 0.360. The van der Waals surface area contributed by atoms with Gasteiger partial charge in [-0.05, 0) is 29.7 Å². The molecule has 162 valence electrons. The second-order valence-electron chi connectivity index (χ2n) is 7.93. The van der Waals surface area contributed by atoms with Crippen LogP contribution in [0.1, 0.15) is 34.1 Å². The third-order valence-electron chi connectivity index (χ3n) is 5.77.